The average Bonchev–Trinajstić information content (AvgIpc) is 2.59. The summed E-state index contributed by atoms with van der Waals surface area (Å²) in [6.07, 6.45) is 6.08. The second-order valence-corrected chi connectivity index (χ2v) is 11.2. The number of nitrogens with zero attached hydrogens (tertiary/aromatic N) is 1. The van der Waals surface area contributed by atoms with Crippen LogP contribution in [0.2, 0.25) is 0 Å². The monoisotopic (exact) mass is 377 g/mol. The van der Waals surface area contributed by atoms with Crippen molar-refractivity contribution in [2.75, 3.05) is 12.3 Å². The summed E-state index contributed by atoms with van der Waals surface area (Å²) in [4.78, 5) is 0. The maximum atomic E-state index is 13.4. The molecule has 1 unspecified atom stereocenters. The summed E-state index contributed by atoms with van der Waals surface area (Å²) >= 11 is 0. The van der Waals surface area contributed by atoms with E-state index < -0.39 is 10.0 Å². The Morgan fingerprint density at radius 3 is 2.12 bits per heavy atom. The van der Waals surface area contributed by atoms with E-state index in [1.54, 1.807) is 0 Å². The van der Waals surface area contributed by atoms with Crippen molar-refractivity contribution in [2.45, 2.75) is 65.8 Å². The van der Waals surface area contributed by atoms with Crippen molar-refractivity contribution < 1.29 is 8.42 Å². The van der Waals surface area contributed by atoms with Crippen molar-refractivity contribution in [1.29, 1.82) is 0 Å². The molecule has 1 aliphatic heterocycles. The number of benzene rings is 1. The molecule has 1 heterocycles. The van der Waals surface area contributed by atoms with Crippen LogP contribution >= 0.6 is 0 Å². The van der Waals surface area contributed by atoms with Gasteiger partial charge in [-0.3, -0.25) is 0 Å². The zero-order valence-electron chi connectivity index (χ0n) is 16.8. The highest BCUT2D eigenvalue weighted by Crippen LogP contribution is 2.58. The van der Waals surface area contributed by atoms with E-state index in [1.165, 1.54) is 24.8 Å². The molecule has 1 aromatic rings. The molecule has 0 N–H and O–H groups in total. The molecule has 1 saturated heterocycles. The van der Waals surface area contributed by atoms with Gasteiger partial charge in [0, 0.05) is 12.0 Å². The average molecular weight is 378 g/mol. The summed E-state index contributed by atoms with van der Waals surface area (Å²) in [6, 6.07) is 10.4. The SMILES string of the molecule is CC(C)C(CS(=O)(=O)N1CC2(CCCCC2)C1c1ccccc1)C(C)C. The van der Waals surface area contributed by atoms with Crippen LogP contribution in [0.3, 0.4) is 0 Å². The zero-order chi connectivity index (χ0) is 18.9. The first-order chi connectivity index (χ1) is 12.3. The lowest BCUT2D eigenvalue weighted by atomic mass is 9.62. The summed E-state index contributed by atoms with van der Waals surface area (Å²) in [5.41, 5.74) is 1.34. The fourth-order valence-corrected chi connectivity index (χ4v) is 7.84. The third kappa shape index (κ3) is 3.73. The molecule has 3 rings (SSSR count). The summed E-state index contributed by atoms with van der Waals surface area (Å²) in [5, 5.41) is 0. The van der Waals surface area contributed by atoms with Crippen molar-refractivity contribution in [3.8, 4) is 0 Å². The highest BCUT2D eigenvalue weighted by atomic mass is 32.2. The van der Waals surface area contributed by atoms with Gasteiger partial charge >= 0.3 is 0 Å². The van der Waals surface area contributed by atoms with Gasteiger partial charge in [0.1, 0.15) is 0 Å². The Labute approximate surface area is 160 Å². The van der Waals surface area contributed by atoms with Gasteiger partial charge in [0.15, 0.2) is 0 Å². The molecule has 1 aliphatic carbocycles. The molecule has 1 atom stereocenters. The van der Waals surface area contributed by atoms with E-state index >= 15 is 0 Å². The van der Waals surface area contributed by atoms with Crippen molar-refractivity contribution >= 4 is 10.0 Å². The summed E-state index contributed by atoms with van der Waals surface area (Å²) in [7, 11) is -3.25. The van der Waals surface area contributed by atoms with E-state index in [0.717, 1.165) is 19.4 Å². The molecule has 3 nitrogen and oxygen atoms in total. The first kappa shape index (κ1) is 19.9. The molecule has 0 radical (unpaired) electrons. The largest absolute Gasteiger partial charge is 0.214 e. The van der Waals surface area contributed by atoms with Gasteiger partial charge in [-0.25, -0.2) is 8.42 Å². The van der Waals surface area contributed by atoms with Crippen LogP contribution in [0.1, 0.15) is 71.4 Å². The van der Waals surface area contributed by atoms with Crippen LogP contribution in [0.4, 0.5) is 0 Å². The van der Waals surface area contributed by atoms with Gasteiger partial charge in [-0.05, 0) is 36.2 Å². The Kier molecular flexibility index (Phi) is 5.83. The van der Waals surface area contributed by atoms with E-state index in [-0.39, 0.29) is 23.1 Å². The lowest BCUT2D eigenvalue weighted by Gasteiger charge is -2.59. The minimum Gasteiger partial charge on any atom is -0.212 e. The number of sulfonamides is 1. The van der Waals surface area contributed by atoms with Gasteiger partial charge in [0.05, 0.1) is 11.8 Å². The third-order valence-corrected chi connectivity index (χ3v) is 8.64. The summed E-state index contributed by atoms with van der Waals surface area (Å²) in [6.45, 7) is 9.31. The van der Waals surface area contributed by atoms with Crippen LogP contribution in [0.25, 0.3) is 0 Å². The van der Waals surface area contributed by atoms with Crippen LogP contribution in [0, 0.1) is 23.2 Å². The van der Waals surface area contributed by atoms with Gasteiger partial charge in [0.2, 0.25) is 10.0 Å². The quantitative estimate of drug-likeness (QED) is 0.679. The molecule has 0 bridgehead atoms. The molecule has 0 aromatic heterocycles. The fraction of sp³-hybridized carbons (Fsp3) is 0.727. The van der Waals surface area contributed by atoms with Crippen LogP contribution in [0.15, 0.2) is 30.3 Å². The van der Waals surface area contributed by atoms with Gasteiger partial charge in [0.25, 0.3) is 0 Å². The number of rotatable bonds is 6. The highest BCUT2D eigenvalue weighted by molar-refractivity contribution is 7.89. The molecular formula is C22H35NO2S. The van der Waals surface area contributed by atoms with E-state index in [4.69, 9.17) is 0 Å². The van der Waals surface area contributed by atoms with Crippen molar-refractivity contribution in [2.24, 2.45) is 23.2 Å². The van der Waals surface area contributed by atoms with E-state index in [0.29, 0.717) is 11.8 Å². The Hall–Kier alpha value is -0.870. The highest BCUT2D eigenvalue weighted by Gasteiger charge is 2.57. The standard InChI is InChI=1S/C22H35NO2S/c1-17(2)20(18(3)4)15-26(24,25)23-16-22(13-9-6-10-14-22)21(23)19-11-7-5-8-12-19/h5,7-8,11-12,17-18,20-21H,6,9-10,13-16H2,1-4H3. The Bertz CT molecular complexity index is 682. The number of hydrogen-bond donors (Lipinski definition) is 0. The normalized spacial score (nSPS) is 23.7. The van der Waals surface area contributed by atoms with Crippen LogP contribution in [0.5, 0.6) is 0 Å². The maximum Gasteiger partial charge on any atom is 0.214 e. The molecule has 2 fully saturated rings. The molecule has 0 amide bonds. The van der Waals surface area contributed by atoms with Crippen LogP contribution in [-0.2, 0) is 10.0 Å². The molecule has 26 heavy (non-hydrogen) atoms. The first-order valence-electron chi connectivity index (χ1n) is 10.3. The number of hydrogen-bond acceptors (Lipinski definition) is 2. The molecule has 146 valence electrons. The third-order valence-electron chi connectivity index (χ3n) is 6.78. The molecule has 1 spiro atoms. The predicted molar refractivity (Wildman–Crippen MR) is 108 cm³/mol. The lowest BCUT2D eigenvalue weighted by molar-refractivity contribution is -0.0445. The minimum absolute atomic E-state index is 0.0361. The Balaban J connectivity index is 1.88. The molecule has 4 heteroatoms. The Morgan fingerprint density at radius 2 is 1.58 bits per heavy atom. The van der Waals surface area contributed by atoms with Crippen molar-refractivity contribution in [3.63, 3.8) is 0 Å². The van der Waals surface area contributed by atoms with Crippen LogP contribution < -0.4 is 0 Å². The topological polar surface area (TPSA) is 37.4 Å². The predicted octanol–water partition coefficient (Wildman–Crippen LogP) is 5.25. The second-order valence-electron chi connectivity index (χ2n) is 9.21. The lowest BCUT2D eigenvalue weighted by Crippen LogP contribution is -2.61. The van der Waals surface area contributed by atoms with Gasteiger partial charge in [-0.1, -0.05) is 77.3 Å². The molecule has 1 saturated carbocycles. The zero-order valence-corrected chi connectivity index (χ0v) is 17.6. The fourth-order valence-electron chi connectivity index (χ4n) is 5.28. The first-order valence-corrected chi connectivity index (χ1v) is 11.9. The van der Waals surface area contributed by atoms with Crippen LogP contribution in [-0.4, -0.2) is 25.0 Å². The van der Waals surface area contributed by atoms with Gasteiger partial charge < -0.3 is 0 Å². The molecular weight excluding hydrogens is 342 g/mol. The summed E-state index contributed by atoms with van der Waals surface area (Å²) in [5.74, 6) is 1.25. The smallest absolute Gasteiger partial charge is 0.212 e. The molecule has 1 aromatic carbocycles. The van der Waals surface area contributed by atoms with E-state index in [9.17, 15) is 8.42 Å². The minimum atomic E-state index is -3.25. The Morgan fingerprint density at radius 1 is 1.00 bits per heavy atom. The van der Waals surface area contributed by atoms with Gasteiger partial charge in [-0.2, -0.15) is 4.31 Å². The van der Waals surface area contributed by atoms with Crippen molar-refractivity contribution in [1.82, 2.24) is 4.31 Å². The van der Waals surface area contributed by atoms with Gasteiger partial charge in [-0.15, -0.1) is 0 Å². The van der Waals surface area contributed by atoms with E-state index in [1.807, 2.05) is 22.5 Å². The van der Waals surface area contributed by atoms with E-state index in [2.05, 4.69) is 39.8 Å². The van der Waals surface area contributed by atoms with Crippen molar-refractivity contribution in [3.05, 3.63) is 35.9 Å². The maximum absolute atomic E-state index is 13.4. The second kappa shape index (κ2) is 7.63. The molecule has 2 aliphatic rings. The summed E-state index contributed by atoms with van der Waals surface area (Å²) < 4.78 is 28.6.